The van der Waals surface area contributed by atoms with Crippen molar-refractivity contribution in [3.63, 3.8) is 0 Å². The number of anilines is 1. The van der Waals surface area contributed by atoms with E-state index in [2.05, 4.69) is 24.3 Å². The van der Waals surface area contributed by atoms with Gasteiger partial charge in [-0.15, -0.1) is 0 Å². The van der Waals surface area contributed by atoms with Gasteiger partial charge in [0.25, 0.3) is 5.91 Å². The van der Waals surface area contributed by atoms with Crippen LogP contribution in [-0.4, -0.2) is 28.9 Å². The lowest BCUT2D eigenvalue weighted by atomic mass is 10.1. The number of benzene rings is 1. The molecule has 6 heteroatoms. The molecular formula is C19H23N3O3. The lowest BCUT2D eigenvalue weighted by molar-refractivity contribution is 0.102. The first-order chi connectivity index (χ1) is 12.2. The topological polar surface area (TPSA) is 65.4 Å². The summed E-state index contributed by atoms with van der Waals surface area (Å²) in [4.78, 5) is 12.9. The minimum atomic E-state index is -0.140. The summed E-state index contributed by atoms with van der Waals surface area (Å²) in [6, 6.07) is 5.83. The van der Waals surface area contributed by atoms with Gasteiger partial charge in [-0.1, -0.05) is 13.0 Å². The van der Waals surface area contributed by atoms with Crippen LogP contribution >= 0.6 is 0 Å². The molecule has 0 unspecified atom stereocenters. The Morgan fingerprint density at radius 2 is 2.16 bits per heavy atom. The highest BCUT2D eigenvalue weighted by atomic mass is 16.6. The largest absolute Gasteiger partial charge is 0.486 e. The van der Waals surface area contributed by atoms with Gasteiger partial charge in [0.05, 0.1) is 23.1 Å². The first kappa shape index (κ1) is 16.0. The Morgan fingerprint density at radius 1 is 1.36 bits per heavy atom. The quantitative estimate of drug-likeness (QED) is 0.899. The van der Waals surface area contributed by atoms with Gasteiger partial charge in [-0.2, -0.15) is 5.10 Å². The number of ether oxygens (including phenoxy) is 2. The van der Waals surface area contributed by atoms with E-state index in [1.165, 1.54) is 0 Å². The molecule has 0 saturated heterocycles. The number of hydrogen-bond donors (Lipinski definition) is 1. The van der Waals surface area contributed by atoms with Gasteiger partial charge in [0.1, 0.15) is 13.2 Å². The maximum absolute atomic E-state index is 12.9. The molecule has 132 valence electrons. The zero-order chi connectivity index (χ0) is 17.4. The second-order valence-electron chi connectivity index (χ2n) is 6.70. The summed E-state index contributed by atoms with van der Waals surface area (Å²) in [5.74, 6) is 1.58. The Bertz CT molecular complexity index is 795. The Kier molecular flexibility index (Phi) is 4.11. The molecule has 1 amide bonds. The molecule has 2 heterocycles. The fourth-order valence-electron chi connectivity index (χ4n) is 3.20. The molecule has 2 aliphatic rings. The van der Waals surface area contributed by atoms with Crippen LogP contribution in [0.2, 0.25) is 0 Å². The van der Waals surface area contributed by atoms with Gasteiger partial charge in [-0.05, 0) is 38.3 Å². The molecule has 1 aromatic carbocycles. The Hall–Kier alpha value is -2.50. The molecular weight excluding hydrogens is 318 g/mol. The molecule has 0 radical (unpaired) electrons. The van der Waals surface area contributed by atoms with Gasteiger partial charge >= 0.3 is 0 Å². The molecule has 1 atom stereocenters. The van der Waals surface area contributed by atoms with Crippen LogP contribution in [0.1, 0.15) is 61.1 Å². The summed E-state index contributed by atoms with van der Waals surface area (Å²) in [5.41, 5.74) is 2.37. The van der Waals surface area contributed by atoms with Gasteiger partial charge < -0.3 is 14.8 Å². The summed E-state index contributed by atoms with van der Waals surface area (Å²) in [6.07, 6.45) is 4.93. The monoisotopic (exact) mass is 341 g/mol. The summed E-state index contributed by atoms with van der Waals surface area (Å²) in [6.45, 7) is 5.28. The Morgan fingerprint density at radius 3 is 2.92 bits per heavy atom. The fraction of sp³-hybridized carbons (Fsp3) is 0.474. The molecule has 25 heavy (non-hydrogen) atoms. The number of nitrogens with zero attached hydrogens (tertiary/aromatic N) is 2. The molecule has 1 aromatic heterocycles. The number of carbonyl (C=O) groups excluding carboxylic acids is 1. The van der Waals surface area contributed by atoms with Crippen molar-refractivity contribution in [1.82, 2.24) is 9.78 Å². The zero-order valence-electron chi connectivity index (χ0n) is 14.6. The maximum Gasteiger partial charge on any atom is 0.259 e. The molecule has 0 spiro atoms. The van der Waals surface area contributed by atoms with Gasteiger partial charge in [0.2, 0.25) is 0 Å². The van der Waals surface area contributed by atoms with Crippen molar-refractivity contribution in [3.8, 4) is 11.5 Å². The van der Waals surface area contributed by atoms with Crippen molar-refractivity contribution in [3.05, 3.63) is 35.7 Å². The SMILES string of the molecule is CC[C@@H](C)n1ncc(C(=O)Nc2cccc3c2OCCO3)c1C1CC1. The van der Waals surface area contributed by atoms with Gasteiger partial charge in [-0.3, -0.25) is 9.48 Å². The van der Waals surface area contributed by atoms with E-state index in [-0.39, 0.29) is 5.91 Å². The highest BCUT2D eigenvalue weighted by Gasteiger charge is 2.33. The Balaban J connectivity index is 1.63. The predicted octanol–water partition coefficient (Wildman–Crippen LogP) is 3.76. The van der Waals surface area contributed by atoms with Crippen LogP contribution in [0.5, 0.6) is 11.5 Å². The van der Waals surface area contributed by atoms with Crippen LogP contribution in [0.4, 0.5) is 5.69 Å². The lowest BCUT2D eigenvalue weighted by Gasteiger charge is -2.21. The molecule has 0 bridgehead atoms. The highest BCUT2D eigenvalue weighted by Crippen LogP contribution is 2.43. The van der Waals surface area contributed by atoms with Crippen molar-refractivity contribution >= 4 is 11.6 Å². The van der Waals surface area contributed by atoms with Crippen molar-refractivity contribution < 1.29 is 14.3 Å². The number of hydrogen-bond acceptors (Lipinski definition) is 4. The number of nitrogens with one attached hydrogen (secondary N) is 1. The van der Waals surface area contributed by atoms with E-state index < -0.39 is 0 Å². The summed E-state index contributed by atoms with van der Waals surface area (Å²) >= 11 is 0. The zero-order valence-corrected chi connectivity index (χ0v) is 14.6. The molecule has 2 aromatic rings. The van der Waals surface area contributed by atoms with Crippen LogP contribution in [-0.2, 0) is 0 Å². The van der Waals surface area contributed by atoms with Crippen molar-refractivity contribution in [2.24, 2.45) is 0 Å². The number of amides is 1. The number of aromatic nitrogens is 2. The van der Waals surface area contributed by atoms with E-state index in [1.807, 2.05) is 22.9 Å². The number of rotatable bonds is 5. The van der Waals surface area contributed by atoms with E-state index in [1.54, 1.807) is 6.20 Å². The standard InChI is InChI=1S/C19H23N3O3/c1-3-12(2)22-17(13-7-8-13)14(11-20-22)19(23)21-15-5-4-6-16-18(15)25-10-9-24-16/h4-6,11-13H,3,7-10H2,1-2H3,(H,21,23)/t12-/m1/s1. The van der Waals surface area contributed by atoms with Crippen LogP contribution in [0.15, 0.2) is 24.4 Å². The number of carbonyl (C=O) groups is 1. The second kappa shape index (κ2) is 6.43. The molecule has 4 rings (SSSR count). The third-order valence-corrected chi connectivity index (χ3v) is 4.87. The molecule has 1 aliphatic carbocycles. The predicted molar refractivity (Wildman–Crippen MR) is 94.6 cm³/mol. The first-order valence-corrected chi connectivity index (χ1v) is 8.96. The fourth-order valence-corrected chi connectivity index (χ4v) is 3.20. The van der Waals surface area contributed by atoms with E-state index >= 15 is 0 Å². The average Bonchev–Trinajstić information content (AvgIpc) is 3.39. The minimum absolute atomic E-state index is 0.140. The summed E-state index contributed by atoms with van der Waals surface area (Å²) in [7, 11) is 0. The third kappa shape index (κ3) is 2.97. The third-order valence-electron chi connectivity index (χ3n) is 4.87. The lowest BCUT2D eigenvalue weighted by Crippen LogP contribution is -2.19. The van der Waals surface area contributed by atoms with E-state index in [4.69, 9.17) is 9.47 Å². The van der Waals surface area contributed by atoms with Crippen LogP contribution in [0.25, 0.3) is 0 Å². The molecule has 1 saturated carbocycles. The minimum Gasteiger partial charge on any atom is -0.486 e. The highest BCUT2D eigenvalue weighted by molar-refractivity contribution is 6.06. The summed E-state index contributed by atoms with van der Waals surface area (Å²) in [5, 5.41) is 7.48. The van der Waals surface area contributed by atoms with Crippen LogP contribution < -0.4 is 14.8 Å². The van der Waals surface area contributed by atoms with Crippen LogP contribution in [0, 0.1) is 0 Å². The molecule has 1 N–H and O–H groups in total. The van der Waals surface area contributed by atoms with E-state index in [0.29, 0.717) is 47.9 Å². The number of fused-ring (bicyclic) bond motifs is 1. The van der Waals surface area contributed by atoms with Gasteiger partial charge in [-0.25, -0.2) is 0 Å². The van der Waals surface area contributed by atoms with Crippen molar-refractivity contribution in [2.75, 3.05) is 18.5 Å². The van der Waals surface area contributed by atoms with E-state index in [9.17, 15) is 4.79 Å². The van der Waals surface area contributed by atoms with Crippen molar-refractivity contribution in [1.29, 1.82) is 0 Å². The van der Waals surface area contributed by atoms with E-state index in [0.717, 1.165) is 25.0 Å². The molecule has 1 aliphatic heterocycles. The summed E-state index contributed by atoms with van der Waals surface area (Å²) < 4.78 is 13.3. The van der Waals surface area contributed by atoms with Gasteiger partial charge in [0.15, 0.2) is 11.5 Å². The average molecular weight is 341 g/mol. The molecule has 6 nitrogen and oxygen atoms in total. The normalized spacial score (nSPS) is 17.2. The van der Waals surface area contributed by atoms with Crippen LogP contribution in [0.3, 0.4) is 0 Å². The van der Waals surface area contributed by atoms with Gasteiger partial charge in [0, 0.05) is 12.0 Å². The number of para-hydroxylation sites is 1. The first-order valence-electron chi connectivity index (χ1n) is 8.96. The second-order valence-corrected chi connectivity index (χ2v) is 6.70. The molecule has 1 fully saturated rings. The smallest absolute Gasteiger partial charge is 0.259 e. The maximum atomic E-state index is 12.9. The van der Waals surface area contributed by atoms with Crippen molar-refractivity contribution in [2.45, 2.75) is 45.1 Å². The Labute approximate surface area is 147 Å².